The van der Waals surface area contributed by atoms with Gasteiger partial charge in [-0.25, -0.2) is 20.0 Å². The number of aliphatic imine (C=N–C) groups is 2. The van der Waals surface area contributed by atoms with Gasteiger partial charge in [0.1, 0.15) is 45.9 Å². The van der Waals surface area contributed by atoms with Crippen molar-refractivity contribution in [1.82, 2.24) is 20.3 Å². The molecule has 130 valence electrons. The molecular formula is C16H12Br2N8. The molecule has 5 rings (SSSR count). The summed E-state index contributed by atoms with van der Waals surface area (Å²) in [5.74, 6) is 4.38. The second-order valence-electron chi connectivity index (χ2n) is 5.83. The molecule has 2 aliphatic rings. The number of nitrogens with one attached hydrogen (secondary N) is 4. The van der Waals surface area contributed by atoms with Gasteiger partial charge in [0.25, 0.3) is 0 Å². The van der Waals surface area contributed by atoms with Gasteiger partial charge in [0.05, 0.1) is 9.65 Å². The van der Waals surface area contributed by atoms with E-state index in [-0.39, 0.29) is 9.65 Å². The van der Waals surface area contributed by atoms with Gasteiger partial charge in [-0.3, -0.25) is 0 Å². The van der Waals surface area contributed by atoms with E-state index in [4.69, 9.17) is 0 Å². The lowest BCUT2D eigenvalue weighted by molar-refractivity contribution is 1.09. The van der Waals surface area contributed by atoms with Crippen LogP contribution in [0.15, 0.2) is 56.4 Å². The maximum absolute atomic E-state index is 4.64. The first-order valence-electron chi connectivity index (χ1n) is 7.87. The minimum Gasteiger partial charge on any atom is -0.330 e. The summed E-state index contributed by atoms with van der Waals surface area (Å²) in [5, 5.41) is 3.27. The van der Waals surface area contributed by atoms with E-state index < -0.39 is 0 Å². The third kappa shape index (κ3) is 2.84. The second-order valence-corrected chi connectivity index (χ2v) is 7.81. The molecule has 5 heterocycles. The highest BCUT2D eigenvalue weighted by molar-refractivity contribution is 9.12. The Balaban J connectivity index is 1.71. The van der Waals surface area contributed by atoms with Crippen LogP contribution in [0.25, 0.3) is 0 Å². The number of alkyl halides is 2. The number of rotatable bonds is 0. The van der Waals surface area contributed by atoms with E-state index in [2.05, 4.69) is 72.1 Å². The lowest BCUT2D eigenvalue weighted by atomic mass is 10.3. The third-order valence-corrected chi connectivity index (χ3v) is 6.60. The van der Waals surface area contributed by atoms with Crippen molar-refractivity contribution in [3.05, 3.63) is 47.4 Å². The first-order chi connectivity index (χ1) is 12.6. The normalized spacial score (nSPS) is 21.3. The number of nitrogens with zero attached hydrogens (tertiary/aromatic N) is 4. The highest BCUT2D eigenvalue weighted by Gasteiger charge is 2.35. The van der Waals surface area contributed by atoms with Crippen molar-refractivity contribution >= 4 is 66.8 Å². The zero-order valence-corrected chi connectivity index (χ0v) is 16.3. The van der Waals surface area contributed by atoms with Gasteiger partial charge in [-0.15, -0.1) is 0 Å². The fraction of sp³-hybridized carbons (Fsp3) is 0.125. The SMILES string of the molecule is BrC1C2=Nc3ccc([nH]3)N=c3ccc([nH]3)=Nc3ccc([nH]3)N=C(N2)C1Br. The molecule has 0 saturated carbocycles. The van der Waals surface area contributed by atoms with Crippen LogP contribution in [0.4, 0.5) is 23.3 Å². The molecule has 26 heavy (non-hydrogen) atoms. The third-order valence-electron chi connectivity index (χ3n) is 3.96. The molecule has 4 N–H and O–H groups in total. The number of fused-ring (bicyclic) bond motifs is 8. The zero-order chi connectivity index (χ0) is 17.7. The van der Waals surface area contributed by atoms with Crippen molar-refractivity contribution < 1.29 is 0 Å². The maximum atomic E-state index is 4.64. The smallest absolute Gasteiger partial charge is 0.134 e. The molecule has 0 aromatic carbocycles. The van der Waals surface area contributed by atoms with Gasteiger partial charge in [0.2, 0.25) is 0 Å². The topological polar surface area (TPSA) is 109 Å². The summed E-state index contributed by atoms with van der Waals surface area (Å²) in [4.78, 5) is 27.8. The molecule has 10 heteroatoms. The molecule has 2 atom stereocenters. The molecule has 0 radical (unpaired) electrons. The van der Waals surface area contributed by atoms with E-state index in [1.807, 2.05) is 36.4 Å². The average Bonchev–Trinajstić information content (AvgIpc) is 3.38. The first-order valence-corrected chi connectivity index (χ1v) is 9.70. The lowest BCUT2D eigenvalue weighted by Crippen LogP contribution is -2.23. The highest BCUT2D eigenvalue weighted by Crippen LogP contribution is 2.27. The Labute approximate surface area is 163 Å². The summed E-state index contributed by atoms with van der Waals surface area (Å²) in [7, 11) is 0. The molecule has 1 saturated heterocycles. The molecule has 0 amide bonds. The maximum Gasteiger partial charge on any atom is 0.134 e. The molecule has 2 unspecified atom stereocenters. The van der Waals surface area contributed by atoms with Crippen LogP contribution in [0.5, 0.6) is 0 Å². The summed E-state index contributed by atoms with van der Waals surface area (Å²) in [6, 6.07) is 11.3. The fourth-order valence-corrected chi connectivity index (χ4v) is 3.69. The van der Waals surface area contributed by atoms with E-state index in [1.54, 1.807) is 0 Å². The van der Waals surface area contributed by atoms with Crippen LogP contribution in [0.1, 0.15) is 0 Å². The number of hydrogen-bond acceptors (Lipinski definition) is 5. The number of halogens is 2. The van der Waals surface area contributed by atoms with Crippen molar-refractivity contribution in [3.8, 4) is 0 Å². The Hall–Kier alpha value is -2.46. The first kappa shape index (κ1) is 15.8. The van der Waals surface area contributed by atoms with Crippen LogP contribution in [-0.4, -0.2) is 36.3 Å². The van der Waals surface area contributed by atoms with Crippen LogP contribution >= 0.6 is 31.9 Å². The van der Waals surface area contributed by atoms with Gasteiger partial charge in [0.15, 0.2) is 0 Å². The minimum atomic E-state index is -0.0229. The van der Waals surface area contributed by atoms with Crippen LogP contribution in [0, 0.1) is 0 Å². The van der Waals surface area contributed by atoms with Crippen LogP contribution in [0.2, 0.25) is 0 Å². The van der Waals surface area contributed by atoms with Gasteiger partial charge in [-0.2, -0.15) is 0 Å². The fourth-order valence-electron chi connectivity index (χ4n) is 2.75. The zero-order valence-electron chi connectivity index (χ0n) is 13.2. The Kier molecular flexibility index (Phi) is 3.68. The summed E-state index contributed by atoms with van der Waals surface area (Å²) in [6.45, 7) is 0. The van der Waals surface area contributed by atoms with Gasteiger partial charge in [0, 0.05) is 0 Å². The summed E-state index contributed by atoms with van der Waals surface area (Å²) in [6.07, 6.45) is 0. The second kappa shape index (κ2) is 6.06. The number of aromatic nitrogens is 3. The predicted octanol–water partition coefficient (Wildman–Crippen LogP) is 2.78. The van der Waals surface area contributed by atoms with E-state index >= 15 is 0 Å². The largest absolute Gasteiger partial charge is 0.330 e. The van der Waals surface area contributed by atoms with Crippen LogP contribution in [0.3, 0.4) is 0 Å². The van der Waals surface area contributed by atoms with Crippen LogP contribution in [-0.2, 0) is 0 Å². The lowest BCUT2D eigenvalue weighted by Gasteiger charge is -2.02. The van der Waals surface area contributed by atoms with Gasteiger partial charge in [-0.05, 0) is 36.4 Å². The standard InChI is InChI=1S/C16H12Br2N8/c17-13-14(18)16-25-12-6-4-10(23-12)21-8-2-1-7(19-8)20-9-3-5-11(22-9)24-15(13)26-16/h1-6,13-14,22-23H,(H,19,20,21)(H,24,25,26). The molecule has 3 aromatic heterocycles. The molecule has 8 nitrogen and oxygen atoms in total. The van der Waals surface area contributed by atoms with Gasteiger partial charge in [-0.1, -0.05) is 31.9 Å². The number of amidine groups is 2. The molecule has 1 fully saturated rings. The van der Waals surface area contributed by atoms with Crippen molar-refractivity contribution in [1.29, 1.82) is 0 Å². The van der Waals surface area contributed by atoms with E-state index in [9.17, 15) is 0 Å². The molecule has 0 spiro atoms. The van der Waals surface area contributed by atoms with Gasteiger partial charge < -0.3 is 20.3 Å². The monoisotopic (exact) mass is 474 g/mol. The predicted molar refractivity (Wildman–Crippen MR) is 107 cm³/mol. The highest BCUT2D eigenvalue weighted by atomic mass is 79.9. The molecule has 2 aliphatic heterocycles. The van der Waals surface area contributed by atoms with E-state index in [1.165, 1.54) is 0 Å². The average molecular weight is 476 g/mol. The summed E-state index contributed by atoms with van der Waals surface area (Å²) >= 11 is 7.32. The number of H-pyrrole nitrogens is 3. The molecule has 8 bridgehead atoms. The number of hydrogen-bond donors (Lipinski definition) is 4. The van der Waals surface area contributed by atoms with Gasteiger partial charge >= 0.3 is 0 Å². The quantitative estimate of drug-likeness (QED) is 0.368. The Morgan fingerprint density at radius 2 is 1.00 bits per heavy atom. The van der Waals surface area contributed by atoms with E-state index in [0.29, 0.717) is 34.2 Å². The molecular weight excluding hydrogens is 464 g/mol. The molecule has 3 aromatic rings. The summed E-state index contributed by atoms with van der Waals surface area (Å²) < 4.78 is 0. The van der Waals surface area contributed by atoms with Crippen molar-refractivity contribution in [3.63, 3.8) is 0 Å². The molecule has 0 aliphatic carbocycles. The van der Waals surface area contributed by atoms with Crippen molar-refractivity contribution in [2.24, 2.45) is 20.0 Å². The Bertz CT molecular complexity index is 1080. The van der Waals surface area contributed by atoms with Crippen molar-refractivity contribution in [2.75, 3.05) is 0 Å². The summed E-state index contributed by atoms with van der Waals surface area (Å²) in [5.41, 5.74) is 1.42. The van der Waals surface area contributed by atoms with Crippen LogP contribution < -0.4 is 16.3 Å². The van der Waals surface area contributed by atoms with E-state index in [0.717, 1.165) is 11.7 Å². The Morgan fingerprint density at radius 3 is 1.46 bits per heavy atom. The Morgan fingerprint density at radius 1 is 0.577 bits per heavy atom. The van der Waals surface area contributed by atoms with Crippen molar-refractivity contribution in [2.45, 2.75) is 9.65 Å². The number of aromatic amines is 3. The minimum absolute atomic E-state index is 0.0229.